The molecule has 1 atom stereocenters. The smallest absolute Gasteiger partial charge is 0.232 e. The predicted octanol–water partition coefficient (Wildman–Crippen LogP) is 0.613. The van der Waals surface area contributed by atoms with Crippen LogP contribution in [0.2, 0.25) is 0 Å². The number of nitrogens with zero attached hydrogens (tertiary/aromatic N) is 2. The second-order valence-electron chi connectivity index (χ2n) is 3.94. The van der Waals surface area contributed by atoms with E-state index in [9.17, 15) is 9.59 Å². The molecule has 0 aromatic carbocycles. The molecular formula is C10H13N3O2. The maximum atomic E-state index is 11.6. The highest BCUT2D eigenvalue weighted by Gasteiger charge is 2.35. The standard InChI is InChI=1S/C10H13N3O2/c1-6-3-9(14)13(10(6)15)5-8-4-11-12-7(8)2/h4,6H,3,5H2,1-2H3,(H,11,12). The molecule has 0 bridgehead atoms. The van der Waals surface area contributed by atoms with Crippen molar-refractivity contribution < 1.29 is 9.59 Å². The number of nitrogens with one attached hydrogen (secondary N) is 1. The van der Waals surface area contributed by atoms with Gasteiger partial charge in [-0.2, -0.15) is 5.10 Å². The molecule has 1 aromatic heterocycles. The topological polar surface area (TPSA) is 66.1 Å². The summed E-state index contributed by atoms with van der Waals surface area (Å²) in [6, 6.07) is 0. The summed E-state index contributed by atoms with van der Waals surface area (Å²) in [5, 5.41) is 6.64. The normalized spacial score (nSPS) is 21.5. The van der Waals surface area contributed by atoms with Crippen LogP contribution in [-0.4, -0.2) is 26.9 Å². The molecule has 0 radical (unpaired) electrons. The summed E-state index contributed by atoms with van der Waals surface area (Å²) in [4.78, 5) is 24.4. The van der Waals surface area contributed by atoms with Crippen molar-refractivity contribution in [3.05, 3.63) is 17.5 Å². The van der Waals surface area contributed by atoms with E-state index in [1.54, 1.807) is 13.1 Å². The molecule has 1 unspecified atom stereocenters. The van der Waals surface area contributed by atoms with Gasteiger partial charge < -0.3 is 0 Å². The number of aromatic nitrogens is 2. The Morgan fingerprint density at radius 1 is 1.60 bits per heavy atom. The number of hydrogen-bond donors (Lipinski definition) is 1. The van der Waals surface area contributed by atoms with Crippen molar-refractivity contribution in [3.63, 3.8) is 0 Å². The average Bonchev–Trinajstić information content (AvgIpc) is 2.67. The minimum atomic E-state index is -0.176. The summed E-state index contributed by atoms with van der Waals surface area (Å²) in [6.07, 6.45) is 1.98. The predicted molar refractivity (Wildman–Crippen MR) is 52.7 cm³/mol. The fourth-order valence-corrected chi connectivity index (χ4v) is 1.72. The maximum Gasteiger partial charge on any atom is 0.232 e. The van der Waals surface area contributed by atoms with Crippen LogP contribution in [-0.2, 0) is 16.1 Å². The van der Waals surface area contributed by atoms with Crippen LogP contribution in [0.15, 0.2) is 6.20 Å². The molecule has 1 aromatic rings. The van der Waals surface area contributed by atoms with E-state index in [0.717, 1.165) is 11.3 Å². The molecule has 0 aliphatic carbocycles. The van der Waals surface area contributed by atoms with Crippen molar-refractivity contribution in [1.29, 1.82) is 0 Å². The van der Waals surface area contributed by atoms with Crippen molar-refractivity contribution in [1.82, 2.24) is 15.1 Å². The van der Waals surface area contributed by atoms with E-state index in [0.29, 0.717) is 13.0 Å². The molecule has 1 N–H and O–H groups in total. The quantitative estimate of drug-likeness (QED) is 0.723. The van der Waals surface area contributed by atoms with Gasteiger partial charge in [-0.05, 0) is 6.92 Å². The number of rotatable bonds is 2. The number of carbonyl (C=O) groups is 2. The number of carbonyl (C=O) groups excluding carboxylic acids is 2. The van der Waals surface area contributed by atoms with Crippen LogP contribution in [0.25, 0.3) is 0 Å². The lowest BCUT2D eigenvalue weighted by molar-refractivity contribution is -0.139. The molecule has 2 heterocycles. The number of likely N-dealkylation sites (tertiary alicyclic amines) is 1. The molecule has 2 amide bonds. The third kappa shape index (κ3) is 1.65. The first-order valence-corrected chi connectivity index (χ1v) is 4.92. The van der Waals surface area contributed by atoms with E-state index < -0.39 is 0 Å². The van der Waals surface area contributed by atoms with Gasteiger partial charge in [0, 0.05) is 23.6 Å². The first-order chi connectivity index (χ1) is 7.09. The Labute approximate surface area is 87.5 Å². The Hall–Kier alpha value is -1.65. The van der Waals surface area contributed by atoms with Crippen LogP contribution >= 0.6 is 0 Å². The van der Waals surface area contributed by atoms with Gasteiger partial charge in [-0.3, -0.25) is 19.6 Å². The van der Waals surface area contributed by atoms with Gasteiger partial charge >= 0.3 is 0 Å². The Bertz CT molecular complexity index is 411. The summed E-state index contributed by atoms with van der Waals surface area (Å²) in [7, 11) is 0. The van der Waals surface area contributed by atoms with Crippen molar-refractivity contribution in [2.45, 2.75) is 26.8 Å². The summed E-state index contributed by atoms with van der Waals surface area (Å²) < 4.78 is 0. The zero-order chi connectivity index (χ0) is 11.0. The van der Waals surface area contributed by atoms with Crippen LogP contribution in [0.4, 0.5) is 0 Å². The summed E-state index contributed by atoms with van der Waals surface area (Å²) >= 11 is 0. The molecule has 1 fully saturated rings. The third-order valence-corrected chi connectivity index (χ3v) is 2.73. The van der Waals surface area contributed by atoms with Crippen LogP contribution < -0.4 is 0 Å². The fraction of sp³-hybridized carbons (Fsp3) is 0.500. The second kappa shape index (κ2) is 3.49. The number of imide groups is 1. The number of amides is 2. The molecule has 1 aliphatic heterocycles. The molecule has 0 saturated carbocycles. The van der Waals surface area contributed by atoms with Gasteiger partial charge in [-0.25, -0.2) is 0 Å². The Morgan fingerprint density at radius 2 is 2.33 bits per heavy atom. The number of aryl methyl sites for hydroxylation is 1. The van der Waals surface area contributed by atoms with Crippen molar-refractivity contribution in [2.75, 3.05) is 0 Å². The summed E-state index contributed by atoms with van der Waals surface area (Å²) in [5.74, 6) is -0.349. The first kappa shape index (κ1) is 9.89. The number of H-pyrrole nitrogens is 1. The lowest BCUT2D eigenvalue weighted by atomic mass is 10.1. The van der Waals surface area contributed by atoms with E-state index in [-0.39, 0.29) is 17.7 Å². The van der Waals surface area contributed by atoms with E-state index in [4.69, 9.17) is 0 Å². The van der Waals surface area contributed by atoms with Gasteiger partial charge in [0.15, 0.2) is 0 Å². The molecule has 1 saturated heterocycles. The second-order valence-corrected chi connectivity index (χ2v) is 3.94. The number of aromatic amines is 1. The Kier molecular flexibility index (Phi) is 2.30. The van der Waals surface area contributed by atoms with Gasteiger partial charge in [-0.1, -0.05) is 6.92 Å². The molecule has 80 valence electrons. The maximum absolute atomic E-state index is 11.6. The lowest BCUT2D eigenvalue weighted by Crippen LogP contribution is -2.29. The Balaban J connectivity index is 2.16. The zero-order valence-electron chi connectivity index (χ0n) is 8.78. The molecular weight excluding hydrogens is 194 g/mol. The van der Waals surface area contributed by atoms with Crippen LogP contribution in [0.5, 0.6) is 0 Å². The third-order valence-electron chi connectivity index (χ3n) is 2.73. The average molecular weight is 207 g/mol. The minimum Gasteiger partial charge on any atom is -0.283 e. The van der Waals surface area contributed by atoms with Gasteiger partial charge in [0.1, 0.15) is 0 Å². The van der Waals surface area contributed by atoms with E-state index in [1.807, 2.05) is 6.92 Å². The molecule has 1 aliphatic rings. The van der Waals surface area contributed by atoms with Crippen LogP contribution in [0.3, 0.4) is 0 Å². The highest BCUT2D eigenvalue weighted by atomic mass is 16.2. The van der Waals surface area contributed by atoms with Gasteiger partial charge in [-0.15, -0.1) is 0 Å². The SMILES string of the molecule is Cc1[nH]ncc1CN1C(=O)CC(C)C1=O. The zero-order valence-corrected chi connectivity index (χ0v) is 8.78. The van der Waals surface area contributed by atoms with Crippen LogP contribution in [0, 0.1) is 12.8 Å². The summed E-state index contributed by atoms with van der Waals surface area (Å²) in [6.45, 7) is 3.99. The van der Waals surface area contributed by atoms with Crippen molar-refractivity contribution in [3.8, 4) is 0 Å². The van der Waals surface area contributed by atoms with Gasteiger partial charge in [0.05, 0.1) is 12.7 Å². The lowest BCUT2D eigenvalue weighted by Gasteiger charge is -2.13. The highest BCUT2D eigenvalue weighted by molar-refractivity contribution is 6.03. The fourth-order valence-electron chi connectivity index (χ4n) is 1.72. The monoisotopic (exact) mass is 207 g/mol. The van der Waals surface area contributed by atoms with Crippen molar-refractivity contribution >= 4 is 11.8 Å². The van der Waals surface area contributed by atoms with Gasteiger partial charge in [0.2, 0.25) is 11.8 Å². The van der Waals surface area contributed by atoms with Gasteiger partial charge in [0.25, 0.3) is 0 Å². The molecule has 5 nitrogen and oxygen atoms in total. The highest BCUT2D eigenvalue weighted by Crippen LogP contribution is 2.21. The largest absolute Gasteiger partial charge is 0.283 e. The molecule has 2 rings (SSSR count). The molecule has 15 heavy (non-hydrogen) atoms. The first-order valence-electron chi connectivity index (χ1n) is 4.92. The molecule has 5 heteroatoms. The summed E-state index contributed by atoms with van der Waals surface area (Å²) in [5.41, 5.74) is 1.79. The minimum absolute atomic E-state index is 0.0828. The van der Waals surface area contributed by atoms with E-state index in [2.05, 4.69) is 10.2 Å². The van der Waals surface area contributed by atoms with E-state index in [1.165, 1.54) is 4.90 Å². The Morgan fingerprint density at radius 3 is 2.80 bits per heavy atom. The van der Waals surface area contributed by atoms with E-state index >= 15 is 0 Å². The number of hydrogen-bond acceptors (Lipinski definition) is 3. The molecule has 0 spiro atoms. The van der Waals surface area contributed by atoms with Crippen molar-refractivity contribution in [2.24, 2.45) is 5.92 Å². The van der Waals surface area contributed by atoms with Crippen LogP contribution in [0.1, 0.15) is 24.6 Å².